The van der Waals surface area contributed by atoms with Crippen LogP contribution in [0.3, 0.4) is 0 Å². The van der Waals surface area contributed by atoms with Crippen LogP contribution in [0.5, 0.6) is 0 Å². The lowest BCUT2D eigenvalue weighted by atomic mass is 10.0. The SMILES string of the molecule is NCc1ccccc1CCNC(=O)O. The zero-order chi connectivity index (χ0) is 10.4. The van der Waals surface area contributed by atoms with Gasteiger partial charge >= 0.3 is 6.09 Å². The van der Waals surface area contributed by atoms with Crippen molar-refractivity contribution < 1.29 is 9.90 Å². The van der Waals surface area contributed by atoms with Crippen LogP contribution >= 0.6 is 0 Å². The first-order chi connectivity index (χ1) is 6.74. The molecule has 0 fully saturated rings. The summed E-state index contributed by atoms with van der Waals surface area (Å²) in [7, 11) is 0. The van der Waals surface area contributed by atoms with Crippen molar-refractivity contribution in [2.45, 2.75) is 13.0 Å². The smallest absolute Gasteiger partial charge is 0.404 e. The molecule has 0 aromatic heterocycles. The van der Waals surface area contributed by atoms with Crippen molar-refractivity contribution in [3.05, 3.63) is 35.4 Å². The standard InChI is InChI=1S/C10H14N2O2/c11-7-9-4-2-1-3-8(9)5-6-12-10(13)14/h1-4,12H,5-7,11H2,(H,13,14). The summed E-state index contributed by atoms with van der Waals surface area (Å²) in [6.07, 6.45) is -0.310. The molecule has 0 aliphatic carbocycles. The predicted molar refractivity (Wildman–Crippen MR) is 54.1 cm³/mol. The summed E-state index contributed by atoms with van der Waals surface area (Å²) in [6.45, 7) is 0.912. The first-order valence-corrected chi connectivity index (χ1v) is 4.47. The zero-order valence-electron chi connectivity index (χ0n) is 7.86. The van der Waals surface area contributed by atoms with E-state index in [-0.39, 0.29) is 0 Å². The number of nitrogens with two attached hydrogens (primary N) is 1. The van der Waals surface area contributed by atoms with Crippen molar-refractivity contribution in [2.75, 3.05) is 6.54 Å². The van der Waals surface area contributed by atoms with Crippen LogP contribution in [0.1, 0.15) is 11.1 Å². The second kappa shape index (κ2) is 5.24. The average molecular weight is 194 g/mol. The van der Waals surface area contributed by atoms with Gasteiger partial charge in [-0.25, -0.2) is 4.79 Å². The van der Waals surface area contributed by atoms with Crippen LogP contribution in [0.15, 0.2) is 24.3 Å². The minimum Gasteiger partial charge on any atom is -0.465 e. The lowest BCUT2D eigenvalue weighted by Crippen LogP contribution is -2.23. The Balaban J connectivity index is 2.53. The summed E-state index contributed by atoms with van der Waals surface area (Å²) in [5.41, 5.74) is 7.72. The molecule has 0 aliphatic rings. The highest BCUT2D eigenvalue weighted by Crippen LogP contribution is 2.07. The van der Waals surface area contributed by atoms with Crippen LogP contribution < -0.4 is 11.1 Å². The maximum atomic E-state index is 10.2. The van der Waals surface area contributed by atoms with Gasteiger partial charge in [0.1, 0.15) is 0 Å². The normalized spacial score (nSPS) is 9.79. The molecule has 0 unspecified atom stereocenters. The molecular weight excluding hydrogens is 180 g/mol. The number of rotatable bonds is 4. The maximum Gasteiger partial charge on any atom is 0.404 e. The largest absolute Gasteiger partial charge is 0.465 e. The van der Waals surface area contributed by atoms with E-state index in [2.05, 4.69) is 5.32 Å². The summed E-state index contributed by atoms with van der Waals surface area (Å²) in [6, 6.07) is 7.77. The fourth-order valence-corrected chi connectivity index (χ4v) is 1.30. The molecule has 0 bridgehead atoms. The quantitative estimate of drug-likeness (QED) is 0.668. The van der Waals surface area contributed by atoms with E-state index >= 15 is 0 Å². The van der Waals surface area contributed by atoms with Crippen LogP contribution in [0.25, 0.3) is 0 Å². The van der Waals surface area contributed by atoms with Crippen LogP contribution in [-0.2, 0) is 13.0 Å². The highest BCUT2D eigenvalue weighted by molar-refractivity contribution is 5.64. The molecule has 0 saturated heterocycles. The Bertz CT molecular complexity index is 313. The van der Waals surface area contributed by atoms with Crippen molar-refractivity contribution in [1.82, 2.24) is 5.32 Å². The molecule has 1 aromatic carbocycles. The third-order valence-corrected chi connectivity index (χ3v) is 2.01. The molecule has 0 atom stereocenters. The van der Waals surface area contributed by atoms with Gasteiger partial charge in [-0.05, 0) is 17.5 Å². The molecule has 1 aromatic rings. The van der Waals surface area contributed by atoms with Gasteiger partial charge in [0.2, 0.25) is 0 Å². The molecule has 0 saturated carbocycles. The molecule has 0 spiro atoms. The molecule has 4 heteroatoms. The van der Waals surface area contributed by atoms with Gasteiger partial charge in [-0.15, -0.1) is 0 Å². The third-order valence-electron chi connectivity index (χ3n) is 2.01. The Labute approximate surface area is 82.7 Å². The molecule has 76 valence electrons. The number of benzene rings is 1. The first-order valence-electron chi connectivity index (χ1n) is 4.47. The topological polar surface area (TPSA) is 75.3 Å². The Morgan fingerprint density at radius 2 is 2.00 bits per heavy atom. The molecule has 4 N–H and O–H groups in total. The minimum absolute atomic E-state index is 0.423. The highest BCUT2D eigenvalue weighted by Gasteiger charge is 2.00. The number of carbonyl (C=O) groups is 1. The number of nitrogens with one attached hydrogen (secondary N) is 1. The van der Waals surface area contributed by atoms with Gasteiger partial charge in [-0.3, -0.25) is 0 Å². The van der Waals surface area contributed by atoms with Gasteiger partial charge in [-0.1, -0.05) is 24.3 Å². The lowest BCUT2D eigenvalue weighted by molar-refractivity contribution is 0.194. The van der Waals surface area contributed by atoms with Gasteiger partial charge < -0.3 is 16.2 Å². The molecule has 1 amide bonds. The summed E-state index contributed by atoms with van der Waals surface area (Å²) < 4.78 is 0. The monoisotopic (exact) mass is 194 g/mol. The molecule has 1 rings (SSSR count). The van der Waals surface area contributed by atoms with E-state index in [0.29, 0.717) is 19.5 Å². The number of amides is 1. The zero-order valence-corrected chi connectivity index (χ0v) is 7.86. The highest BCUT2D eigenvalue weighted by atomic mass is 16.4. The van der Waals surface area contributed by atoms with E-state index in [1.54, 1.807) is 0 Å². The Morgan fingerprint density at radius 1 is 1.36 bits per heavy atom. The van der Waals surface area contributed by atoms with Crippen LogP contribution in [-0.4, -0.2) is 17.7 Å². The first kappa shape index (κ1) is 10.5. The Hall–Kier alpha value is -1.55. The van der Waals surface area contributed by atoms with E-state index in [1.165, 1.54) is 0 Å². The molecule has 0 radical (unpaired) electrons. The minimum atomic E-state index is -0.991. The van der Waals surface area contributed by atoms with Crippen molar-refractivity contribution >= 4 is 6.09 Å². The summed E-state index contributed by atoms with van der Waals surface area (Å²) >= 11 is 0. The van der Waals surface area contributed by atoms with Gasteiger partial charge in [0, 0.05) is 13.1 Å². The number of hydrogen-bond donors (Lipinski definition) is 3. The summed E-state index contributed by atoms with van der Waals surface area (Å²) in [5.74, 6) is 0. The molecule has 0 aliphatic heterocycles. The lowest BCUT2D eigenvalue weighted by Gasteiger charge is -2.06. The molecule has 14 heavy (non-hydrogen) atoms. The van der Waals surface area contributed by atoms with E-state index in [1.807, 2.05) is 24.3 Å². The van der Waals surface area contributed by atoms with Crippen LogP contribution in [0.4, 0.5) is 4.79 Å². The molecule has 4 nitrogen and oxygen atoms in total. The van der Waals surface area contributed by atoms with Crippen molar-refractivity contribution in [3.8, 4) is 0 Å². The Kier molecular flexibility index (Phi) is 3.94. The van der Waals surface area contributed by atoms with Crippen molar-refractivity contribution in [2.24, 2.45) is 5.73 Å². The molecule has 0 heterocycles. The maximum absolute atomic E-state index is 10.2. The van der Waals surface area contributed by atoms with E-state index in [9.17, 15) is 4.79 Å². The van der Waals surface area contributed by atoms with E-state index < -0.39 is 6.09 Å². The third kappa shape index (κ3) is 3.06. The van der Waals surface area contributed by atoms with Crippen molar-refractivity contribution in [3.63, 3.8) is 0 Å². The Morgan fingerprint density at radius 3 is 2.57 bits per heavy atom. The second-order valence-corrected chi connectivity index (χ2v) is 2.95. The van der Waals surface area contributed by atoms with Gasteiger partial charge in [0.25, 0.3) is 0 Å². The summed E-state index contributed by atoms with van der Waals surface area (Å²) in [4.78, 5) is 10.2. The van der Waals surface area contributed by atoms with Gasteiger partial charge in [0.15, 0.2) is 0 Å². The number of carboxylic acid groups (broad SMARTS) is 1. The predicted octanol–water partition coefficient (Wildman–Crippen LogP) is 0.955. The van der Waals surface area contributed by atoms with Crippen LogP contribution in [0.2, 0.25) is 0 Å². The van der Waals surface area contributed by atoms with Gasteiger partial charge in [0.05, 0.1) is 0 Å². The summed E-state index contributed by atoms with van der Waals surface area (Å²) in [5, 5.41) is 10.7. The molecular formula is C10H14N2O2. The van der Waals surface area contributed by atoms with E-state index in [0.717, 1.165) is 11.1 Å². The van der Waals surface area contributed by atoms with E-state index in [4.69, 9.17) is 10.8 Å². The van der Waals surface area contributed by atoms with Gasteiger partial charge in [-0.2, -0.15) is 0 Å². The van der Waals surface area contributed by atoms with Crippen LogP contribution in [0, 0.1) is 0 Å². The number of hydrogen-bond acceptors (Lipinski definition) is 2. The fraction of sp³-hybridized carbons (Fsp3) is 0.300. The van der Waals surface area contributed by atoms with Crippen molar-refractivity contribution in [1.29, 1.82) is 0 Å². The average Bonchev–Trinajstić information content (AvgIpc) is 2.18. The fourth-order valence-electron chi connectivity index (χ4n) is 1.30. The second-order valence-electron chi connectivity index (χ2n) is 2.95.